The van der Waals surface area contributed by atoms with Gasteiger partial charge in [0.25, 0.3) is 5.91 Å². The van der Waals surface area contributed by atoms with E-state index in [9.17, 15) is 4.79 Å². The van der Waals surface area contributed by atoms with Gasteiger partial charge in [-0.25, -0.2) is 0 Å². The van der Waals surface area contributed by atoms with Crippen LogP contribution in [0.4, 0.5) is 0 Å². The lowest BCUT2D eigenvalue weighted by molar-refractivity contribution is 0.0930. The molecule has 0 radical (unpaired) electrons. The molecule has 0 aromatic heterocycles. The monoisotopic (exact) mass is 366 g/mol. The smallest absolute Gasteiger partial charge is 0.255 e. The van der Waals surface area contributed by atoms with Crippen molar-refractivity contribution in [3.8, 4) is 5.75 Å². The fourth-order valence-electron chi connectivity index (χ4n) is 3.77. The molecule has 1 aliphatic rings. The largest absolute Gasteiger partial charge is 0.496 e. The number of nitrogens with zero attached hydrogens (tertiary/aromatic N) is 1. The molecule has 4 nitrogen and oxygen atoms in total. The van der Waals surface area contributed by atoms with Crippen molar-refractivity contribution >= 4 is 5.91 Å². The first kappa shape index (κ1) is 19.4. The van der Waals surface area contributed by atoms with Crippen molar-refractivity contribution in [3.63, 3.8) is 0 Å². The van der Waals surface area contributed by atoms with Crippen LogP contribution in [0.3, 0.4) is 0 Å². The lowest BCUT2D eigenvalue weighted by Gasteiger charge is -2.31. The van der Waals surface area contributed by atoms with Crippen molar-refractivity contribution in [2.24, 2.45) is 0 Å². The van der Waals surface area contributed by atoms with E-state index in [1.165, 1.54) is 36.8 Å². The van der Waals surface area contributed by atoms with Crippen LogP contribution in [0.25, 0.3) is 0 Å². The van der Waals surface area contributed by atoms with E-state index in [2.05, 4.69) is 41.4 Å². The second-order valence-electron chi connectivity index (χ2n) is 7.29. The van der Waals surface area contributed by atoms with Gasteiger partial charge >= 0.3 is 0 Å². The highest BCUT2D eigenvalue weighted by atomic mass is 16.5. The quantitative estimate of drug-likeness (QED) is 0.826. The zero-order valence-corrected chi connectivity index (χ0v) is 16.4. The fraction of sp³-hybridized carbons (Fsp3) is 0.435. The van der Waals surface area contributed by atoms with Crippen LogP contribution in [-0.4, -0.2) is 37.6 Å². The summed E-state index contributed by atoms with van der Waals surface area (Å²) >= 11 is 0. The van der Waals surface area contributed by atoms with Crippen molar-refractivity contribution in [1.29, 1.82) is 0 Å². The zero-order chi connectivity index (χ0) is 19.1. The number of hydrogen-bond donors (Lipinski definition) is 1. The van der Waals surface area contributed by atoms with Crippen LogP contribution in [0.5, 0.6) is 5.75 Å². The summed E-state index contributed by atoms with van der Waals surface area (Å²) in [6.45, 7) is 4.88. The van der Waals surface area contributed by atoms with Crippen molar-refractivity contribution < 1.29 is 9.53 Å². The average molecular weight is 367 g/mol. The third kappa shape index (κ3) is 5.10. The molecule has 27 heavy (non-hydrogen) atoms. The number of likely N-dealkylation sites (tertiary alicyclic amines) is 1. The number of hydrogen-bond acceptors (Lipinski definition) is 3. The van der Waals surface area contributed by atoms with Crippen LogP contribution >= 0.6 is 0 Å². The van der Waals surface area contributed by atoms with E-state index < -0.39 is 0 Å². The highest BCUT2D eigenvalue weighted by molar-refractivity contribution is 5.96. The number of carbonyl (C=O) groups excluding carboxylic acids is 1. The molecule has 2 aromatic rings. The predicted octanol–water partition coefficient (Wildman–Crippen LogP) is 4.35. The normalized spacial score (nSPS) is 16.4. The highest BCUT2D eigenvalue weighted by Crippen LogP contribution is 2.25. The molecule has 0 bridgehead atoms. The fourth-order valence-corrected chi connectivity index (χ4v) is 3.77. The van der Waals surface area contributed by atoms with Crippen molar-refractivity contribution in [2.75, 3.05) is 26.7 Å². The summed E-state index contributed by atoms with van der Waals surface area (Å²) < 4.78 is 5.33. The maximum Gasteiger partial charge on any atom is 0.255 e. The molecule has 1 N–H and O–H groups in total. The maximum atomic E-state index is 12.8. The Bertz CT molecular complexity index is 734. The molecule has 1 saturated heterocycles. The van der Waals surface area contributed by atoms with Crippen LogP contribution in [0, 0.1) is 6.92 Å². The Morgan fingerprint density at radius 3 is 2.37 bits per heavy atom. The molecule has 0 spiro atoms. The van der Waals surface area contributed by atoms with Crippen LogP contribution in [0.2, 0.25) is 0 Å². The Hall–Kier alpha value is -2.33. The number of para-hydroxylation sites is 1. The first-order valence-corrected chi connectivity index (χ1v) is 9.91. The van der Waals surface area contributed by atoms with Crippen LogP contribution < -0.4 is 10.1 Å². The summed E-state index contributed by atoms with van der Waals surface area (Å²) in [4.78, 5) is 15.3. The number of rotatable bonds is 6. The van der Waals surface area contributed by atoms with Crippen LogP contribution in [-0.2, 0) is 0 Å². The van der Waals surface area contributed by atoms with Gasteiger partial charge in [0.2, 0.25) is 0 Å². The molecule has 0 unspecified atom stereocenters. The summed E-state index contributed by atoms with van der Waals surface area (Å²) in [5.41, 5.74) is 3.10. The Balaban J connectivity index is 1.76. The Kier molecular flexibility index (Phi) is 6.88. The third-order valence-electron chi connectivity index (χ3n) is 5.35. The number of nitrogens with one attached hydrogen (secondary N) is 1. The molecule has 4 heteroatoms. The van der Waals surface area contributed by atoms with Gasteiger partial charge in [0, 0.05) is 6.54 Å². The number of methoxy groups -OCH3 is 1. The van der Waals surface area contributed by atoms with Gasteiger partial charge < -0.3 is 10.1 Å². The number of ether oxygens (including phenoxy) is 1. The summed E-state index contributed by atoms with van der Waals surface area (Å²) in [6.07, 6.45) is 5.04. The van der Waals surface area contributed by atoms with Gasteiger partial charge in [0.05, 0.1) is 18.7 Å². The van der Waals surface area contributed by atoms with E-state index in [0.29, 0.717) is 17.9 Å². The number of carbonyl (C=O) groups is 1. The molecule has 1 heterocycles. The lowest BCUT2D eigenvalue weighted by atomic mass is 10.0. The van der Waals surface area contributed by atoms with Gasteiger partial charge in [-0.3, -0.25) is 9.69 Å². The zero-order valence-electron chi connectivity index (χ0n) is 16.4. The average Bonchev–Trinajstić information content (AvgIpc) is 2.98. The minimum atomic E-state index is -0.0839. The maximum absolute atomic E-state index is 12.8. The standard InChI is InChI=1S/C23H30N2O2/c1-18-11-13-19(14-12-18)21(25-15-7-3-4-8-16-25)17-24-23(26)20-9-5-6-10-22(20)27-2/h5-6,9-14,21H,3-4,7-8,15-17H2,1-2H3,(H,24,26)/t21-/m0/s1. The van der Waals surface area contributed by atoms with Crippen LogP contribution in [0.1, 0.15) is 53.2 Å². The van der Waals surface area contributed by atoms with E-state index in [1.807, 2.05) is 18.2 Å². The first-order valence-electron chi connectivity index (χ1n) is 9.91. The van der Waals surface area contributed by atoms with E-state index in [-0.39, 0.29) is 11.9 Å². The summed E-state index contributed by atoms with van der Waals surface area (Å²) in [5.74, 6) is 0.524. The molecule has 0 aliphatic carbocycles. The molecule has 1 fully saturated rings. The molecule has 1 aliphatic heterocycles. The van der Waals surface area contributed by atoms with Crippen molar-refractivity contribution in [3.05, 3.63) is 65.2 Å². The summed E-state index contributed by atoms with van der Waals surface area (Å²) in [7, 11) is 1.60. The summed E-state index contributed by atoms with van der Waals surface area (Å²) in [5, 5.41) is 3.14. The highest BCUT2D eigenvalue weighted by Gasteiger charge is 2.23. The molecule has 1 amide bonds. The van der Waals surface area contributed by atoms with Crippen molar-refractivity contribution in [2.45, 2.75) is 38.6 Å². The molecule has 1 atom stereocenters. The second-order valence-corrected chi connectivity index (χ2v) is 7.29. The second kappa shape index (κ2) is 9.56. The minimum absolute atomic E-state index is 0.0839. The topological polar surface area (TPSA) is 41.6 Å². The van der Waals surface area contributed by atoms with E-state index in [4.69, 9.17) is 4.74 Å². The van der Waals surface area contributed by atoms with Gasteiger partial charge in [-0.05, 0) is 50.6 Å². The van der Waals surface area contributed by atoms with Gasteiger partial charge in [0.1, 0.15) is 5.75 Å². The predicted molar refractivity (Wildman–Crippen MR) is 109 cm³/mol. The number of amides is 1. The van der Waals surface area contributed by atoms with Gasteiger partial charge in [-0.15, -0.1) is 0 Å². The first-order chi connectivity index (χ1) is 13.2. The van der Waals surface area contributed by atoms with E-state index in [0.717, 1.165) is 13.1 Å². The van der Waals surface area contributed by atoms with Crippen LogP contribution in [0.15, 0.2) is 48.5 Å². The molecule has 3 rings (SSSR count). The lowest BCUT2D eigenvalue weighted by Crippen LogP contribution is -2.38. The summed E-state index contributed by atoms with van der Waals surface area (Å²) in [6, 6.07) is 16.3. The van der Waals surface area contributed by atoms with E-state index in [1.54, 1.807) is 13.2 Å². The number of aryl methyl sites for hydroxylation is 1. The molecular weight excluding hydrogens is 336 g/mol. The molecule has 144 valence electrons. The minimum Gasteiger partial charge on any atom is -0.496 e. The SMILES string of the molecule is COc1ccccc1C(=O)NC[C@@H](c1ccc(C)cc1)N1CCCCCC1. The Morgan fingerprint density at radius 2 is 1.70 bits per heavy atom. The Labute approximate surface area is 162 Å². The van der Waals surface area contributed by atoms with Gasteiger partial charge in [0.15, 0.2) is 0 Å². The number of benzene rings is 2. The third-order valence-corrected chi connectivity index (χ3v) is 5.35. The molecule has 2 aromatic carbocycles. The Morgan fingerprint density at radius 1 is 1.04 bits per heavy atom. The van der Waals surface area contributed by atoms with E-state index >= 15 is 0 Å². The van der Waals surface area contributed by atoms with Gasteiger partial charge in [-0.2, -0.15) is 0 Å². The molecular formula is C23H30N2O2. The van der Waals surface area contributed by atoms with Crippen molar-refractivity contribution in [1.82, 2.24) is 10.2 Å². The molecule has 0 saturated carbocycles. The van der Waals surface area contributed by atoms with Gasteiger partial charge in [-0.1, -0.05) is 54.8 Å².